The molecular weight excluding hydrogens is 327 g/mol. The van der Waals surface area contributed by atoms with Gasteiger partial charge in [0.25, 0.3) is 5.91 Å². The maximum atomic E-state index is 13.2. The molecule has 1 aromatic heterocycles. The summed E-state index contributed by atoms with van der Waals surface area (Å²) in [6.45, 7) is 1.84. The van der Waals surface area contributed by atoms with Gasteiger partial charge in [-0.05, 0) is 43.3 Å². The van der Waals surface area contributed by atoms with Gasteiger partial charge in [-0.1, -0.05) is 17.7 Å². The second kappa shape index (κ2) is 7.23. The first-order valence-electron chi connectivity index (χ1n) is 7.31. The van der Waals surface area contributed by atoms with E-state index in [-0.39, 0.29) is 18.3 Å². The quantitative estimate of drug-likeness (QED) is 0.693. The number of carbonyl (C=O) groups excluding carboxylic acids is 1. The maximum Gasteiger partial charge on any atom is 0.271 e. The standard InChI is InChI=1S/C18H15FN2O2S/c1-13-2-8-16(9-3-13)23-12-17(22)21(18-20-10-11-24-18)15-6-4-14(19)5-7-15/h2-11H,12H2,1H3. The van der Waals surface area contributed by atoms with Gasteiger partial charge in [0, 0.05) is 11.6 Å². The minimum atomic E-state index is -0.360. The summed E-state index contributed by atoms with van der Waals surface area (Å²) < 4.78 is 18.7. The molecule has 0 fully saturated rings. The molecule has 0 aliphatic rings. The Labute approximate surface area is 143 Å². The number of hydrogen-bond acceptors (Lipinski definition) is 4. The number of ether oxygens (including phenoxy) is 1. The van der Waals surface area contributed by atoms with Gasteiger partial charge in [-0.2, -0.15) is 0 Å². The number of halogens is 1. The first-order chi connectivity index (χ1) is 11.6. The zero-order valence-electron chi connectivity index (χ0n) is 13.0. The zero-order valence-corrected chi connectivity index (χ0v) is 13.8. The summed E-state index contributed by atoms with van der Waals surface area (Å²) in [4.78, 5) is 18.2. The molecule has 24 heavy (non-hydrogen) atoms. The lowest BCUT2D eigenvalue weighted by molar-refractivity contribution is -0.119. The Bertz CT molecular complexity index is 802. The van der Waals surface area contributed by atoms with E-state index in [0.717, 1.165) is 5.56 Å². The van der Waals surface area contributed by atoms with E-state index in [4.69, 9.17) is 4.74 Å². The van der Waals surface area contributed by atoms with Gasteiger partial charge in [-0.25, -0.2) is 9.37 Å². The number of carbonyl (C=O) groups is 1. The summed E-state index contributed by atoms with van der Waals surface area (Å²) in [5, 5.41) is 2.29. The molecular formula is C18H15FN2O2S. The Morgan fingerprint density at radius 2 is 1.88 bits per heavy atom. The maximum absolute atomic E-state index is 13.2. The van der Waals surface area contributed by atoms with Gasteiger partial charge in [0.15, 0.2) is 11.7 Å². The lowest BCUT2D eigenvalue weighted by Crippen LogP contribution is -2.30. The molecule has 1 amide bonds. The minimum absolute atomic E-state index is 0.139. The van der Waals surface area contributed by atoms with Crippen LogP contribution in [0.1, 0.15) is 5.56 Å². The molecule has 0 saturated heterocycles. The van der Waals surface area contributed by atoms with Gasteiger partial charge in [0.05, 0.1) is 5.69 Å². The summed E-state index contributed by atoms with van der Waals surface area (Å²) in [7, 11) is 0. The van der Waals surface area contributed by atoms with Crippen molar-refractivity contribution in [3.63, 3.8) is 0 Å². The molecule has 0 saturated carbocycles. The van der Waals surface area contributed by atoms with Gasteiger partial charge in [-0.3, -0.25) is 9.69 Å². The highest BCUT2D eigenvalue weighted by atomic mass is 32.1. The van der Waals surface area contributed by atoms with Crippen LogP contribution in [0.5, 0.6) is 5.75 Å². The Hall–Kier alpha value is -2.73. The van der Waals surface area contributed by atoms with E-state index in [1.54, 1.807) is 23.7 Å². The first-order valence-corrected chi connectivity index (χ1v) is 8.19. The Morgan fingerprint density at radius 1 is 1.17 bits per heavy atom. The number of rotatable bonds is 5. The van der Waals surface area contributed by atoms with Gasteiger partial charge in [0.1, 0.15) is 11.6 Å². The van der Waals surface area contributed by atoms with Gasteiger partial charge in [-0.15, -0.1) is 11.3 Å². The van der Waals surface area contributed by atoms with Crippen LogP contribution in [0.2, 0.25) is 0 Å². The highest BCUT2D eigenvalue weighted by molar-refractivity contribution is 7.13. The lowest BCUT2D eigenvalue weighted by atomic mass is 10.2. The minimum Gasteiger partial charge on any atom is -0.484 e. The number of anilines is 2. The number of aromatic nitrogens is 1. The monoisotopic (exact) mass is 342 g/mol. The van der Waals surface area contributed by atoms with Crippen LogP contribution in [0.4, 0.5) is 15.2 Å². The fourth-order valence-electron chi connectivity index (χ4n) is 2.12. The van der Waals surface area contributed by atoms with Crippen LogP contribution in [-0.2, 0) is 4.79 Å². The van der Waals surface area contributed by atoms with Gasteiger partial charge >= 0.3 is 0 Å². The molecule has 3 rings (SSSR count). The Morgan fingerprint density at radius 3 is 2.50 bits per heavy atom. The van der Waals surface area contributed by atoms with Crippen LogP contribution in [0, 0.1) is 12.7 Å². The van der Waals surface area contributed by atoms with Crippen molar-refractivity contribution in [1.29, 1.82) is 0 Å². The molecule has 0 N–H and O–H groups in total. The predicted octanol–water partition coefficient (Wildman–Crippen LogP) is 4.33. The average Bonchev–Trinajstić information content (AvgIpc) is 3.10. The van der Waals surface area contributed by atoms with Crippen molar-refractivity contribution >= 4 is 28.1 Å². The molecule has 0 aliphatic heterocycles. The molecule has 1 heterocycles. The summed E-state index contributed by atoms with van der Waals surface area (Å²) in [6.07, 6.45) is 1.62. The molecule has 0 unspecified atom stereocenters. The van der Waals surface area contributed by atoms with Crippen molar-refractivity contribution in [3.8, 4) is 5.75 Å². The number of benzene rings is 2. The second-order valence-corrected chi connectivity index (χ2v) is 5.99. The SMILES string of the molecule is Cc1ccc(OCC(=O)N(c2ccc(F)cc2)c2nccs2)cc1. The zero-order chi connectivity index (χ0) is 16.9. The van der Waals surface area contributed by atoms with E-state index in [1.165, 1.54) is 28.4 Å². The lowest BCUT2D eigenvalue weighted by Gasteiger charge is -2.20. The molecule has 0 aliphatic carbocycles. The third-order valence-corrected chi connectivity index (χ3v) is 4.08. The predicted molar refractivity (Wildman–Crippen MR) is 92.3 cm³/mol. The molecule has 2 aromatic carbocycles. The molecule has 6 heteroatoms. The van der Waals surface area contributed by atoms with E-state index in [2.05, 4.69) is 4.98 Å². The molecule has 4 nitrogen and oxygen atoms in total. The fourth-order valence-corrected chi connectivity index (χ4v) is 2.80. The number of nitrogens with zero attached hydrogens (tertiary/aromatic N) is 2. The van der Waals surface area contributed by atoms with E-state index in [0.29, 0.717) is 16.6 Å². The molecule has 0 radical (unpaired) electrons. The number of amides is 1. The third kappa shape index (κ3) is 3.78. The van der Waals surface area contributed by atoms with Crippen molar-refractivity contribution in [2.24, 2.45) is 0 Å². The van der Waals surface area contributed by atoms with Crippen molar-refractivity contribution in [2.45, 2.75) is 6.92 Å². The molecule has 122 valence electrons. The normalized spacial score (nSPS) is 10.4. The van der Waals surface area contributed by atoms with E-state index < -0.39 is 0 Å². The molecule has 0 atom stereocenters. The summed E-state index contributed by atoms with van der Waals surface area (Å²) in [6, 6.07) is 13.2. The number of hydrogen-bond donors (Lipinski definition) is 0. The van der Waals surface area contributed by atoms with Crippen LogP contribution < -0.4 is 9.64 Å². The average molecular weight is 342 g/mol. The molecule has 0 bridgehead atoms. The number of aryl methyl sites for hydroxylation is 1. The van der Waals surface area contributed by atoms with Crippen molar-refractivity contribution < 1.29 is 13.9 Å². The van der Waals surface area contributed by atoms with Crippen LogP contribution >= 0.6 is 11.3 Å². The van der Waals surface area contributed by atoms with Crippen molar-refractivity contribution in [2.75, 3.05) is 11.5 Å². The number of thiazole rings is 1. The Balaban J connectivity index is 1.79. The van der Waals surface area contributed by atoms with Crippen LogP contribution in [0.25, 0.3) is 0 Å². The summed E-state index contributed by atoms with van der Waals surface area (Å²) in [5.41, 5.74) is 1.66. The highest BCUT2D eigenvalue weighted by Gasteiger charge is 2.21. The Kier molecular flexibility index (Phi) is 4.86. The van der Waals surface area contributed by atoms with Crippen LogP contribution in [-0.4, -0.2) is 17.5 Å². The fraction of sp³-hybridized carbons (Fsp3) is 0.111. The van der Waals surface area contributed by atoms with E-state index in [9.17, 15) is 9.18 Å². The third-order valence-electron chi connectivity index (χ3n) is 3.33. The van der Waals surface area contributed by atoms with Crippen LogP contribution in [0.15, 0.2) is 60.1 Å². The van der Waals surface area contributed by atoms with Gasteiger partial charge < -0.3 is 4.74 Å². The van der Waals surface area contributed by atoms with E-state index >= 15 is 0 Å². The first kappa shape index (κ1) is 16.1. The van der Waals surface area contributed by atoms with E-state index in [1.807, 2.05) is 31.2 Å². The largest absolute Gasteiger partial charge is 0.484 e. The summed E-state index contributed by atoms with van der Waals surface area (Å²) >= 11 is 1.33. The highest BCUT2D eigenvalue weighted by Crippen LogP contribution is 2.27. The van der Waals surface area contributed by atoms with Crippen LogP contribution in [0.3, 0.4) is 0 Å². The molecule has 3 aromatic rings. The summed E-state index contributed by atoms with van der Waals surface area (Å²) in [5.74, 6) is -0.0227. The molecule has 0 spiro atoms. The topological polar surface area (TPSA) is 42.4 Å². The van der Waals surface area contributed by atoms with Crippen molar-refractivity contribution in [3.05, 3.63) is 71.5 Å². The van der Waals surface area contributed by atoms with Gasteiger partial charge in [0.2, 0.25) is 0 Å². The smallest absolute Gasteiger partial charge is 0.271 e. The van der Waals surface area contributed by atoms with Crippen molar-refractivity contribution in [1.82, 2.24) is 4.98 Å². The second-order valence-electron chi connectivity index (χ2n) is 5.12.